The minimum absolute atomic E-state index is 0.225. The van der Waals surface area contributed by atoms with E-state index >= 15 is 0 Å². The fourth-order valence-electron chi connectivity index (χ4n) is 1.90. The molecule has 0 aromatic carbocycles. The van der Waals surface area contributed by atoms with Crippen molar-refractivity contribution in [3.63, 3.8) is 0 Å². The molecule has 0 amide bonds. The van der Waals surface area contributed by atoms with Crippen LogP contribution in [0.5, 0.6) is 0 Å². The molecule has 0 saturated carbocycles. The van der Waals surface area contributed by atoms with Crippen molar-refractivity contribution in [1.82, 2.24) is 19.7 Å². The van der Waals surface area contributed by atoms with Gasteiger partial charge in [-0.05, 0) is 6.42 Å². The van der Waals surface area contributed by atoms with Gasteiger partial charge in [-0.1, -0.05) is 20.8 Å². The molecular weight excluding hydrogens is 254 g/mol. The first-order valence-corrected chi connectivity index (χ1v) is 6.68. The van der Waals surface area contributed by atoms with Crippen molar-refractivity contribution in [2.75, 3.05) is 10.7 Å². The van der Waals surface area contributed by atoms with E-state index in [0.717, 1.165) is 23.6 Å². The van der Waals surface area contributed by atoms with Crippen LogP contribution in [0.2, 0.25) is 0 Å². The van der Waals surface area contributed by atoms with Gasteiger partial charge in [0.15, 0.2) is 0 Å². The Labute approximate surface area is 118 Å². The predicted octanol–water partition coefficient (Wildman–Crippen LogP) is 1.93. The van der Waals surface area contributed by atoms with E-state index in [0.29, 0.717) is 11.6 Å². The largest absolute Gasteiger partial charge is 0.337 e. The van der Waals surface area contributed by atoms with Crippen LogP contribution in [0, 0.1) is 0 Å². The molecule has 7 nitrogen and oxygen atoms in total. The third-order valence-corrected chi connectivity index (χ3v) is 2.91. The zero-order valence-corrected chi connectivity index (χ0v) is 12.3. The number of nitrogen functional groups attached to an aromatic ring is 1. The summed E-state index contributed by atoms with van der Waals surface area (Å²) >= 11 is 0. The maximum absolute atomic E-state index is 5.46. The summed E-state index contributed by atoms with van der Waals surface area (Å²) in [7, 11) is 1.90. The summed E-state index contributed by atoms with van der Waals surface area (Å²) in [5.74, 6) is 7.72. The van der Waals surface area contributed by atoms with Gasteiger partial charge in [-0.25, -0.2) is 15.8 Å². The minimum atomic E-state index is 0.225. The molecule has 0 aliphatic carbocycles. The van der Waals surface area contributed by atoms with Crippen LogP contribution in [0.4, 0.5) is 17.3 Å². The summed E-state index contributed by atoms with van der Waals surface area (Å²) in [6, 6.07) is 1.78. The van der Waals surface area contributed by atoms with E-state index in [2.05, 4.69) is 32.7 Å². The molecule has 7 heteroatoms. The van der Waals surface area contributed by atoms with Gasteiger partial charge in [-0.15, -0.1) is 0 Å². The third kappa shape index (κ3) is 3.05. The maximum Gasteiger partial charge on any atom is 0.145 e. The number of rotatable bonds is 5. The summed E-state index contributed by atoms with van der Waals surface area (Å²) in [5, 5.41) is 7.68. The van der Waals surface area contributed by atoms with Gasteiger partial charge in [-0.3, -0.25) is 4.68 Å². The van der Waals surface area contributed by atoms with Gasteiger partial charge in [0.05, 0.1) is 11.4 Å². The number of nitrogens with one attached hydrogen (secondary N) is 2. The minimum Gasteiger partial charge on any atom is -0.337 e. The monoisotopic (exact) mass is 275 g/mol. The Morgan fingerprint density at radius 2 is 2.00 bits per heavy atom. The Balaban J connectivity index is 2.34. The SMILES string of the molecule is CCc1nn(C)cc1Nc1cc(NN)nc(C(C)C)n1. The van der Waals surface area contributed by atoms with Crippen LogP contribution in [0.3, 0.4) is 0 Å². The van der Waals surface area contributed by atoms with Crippen molar-refractivity contribution in [3.8, 4) is 0 Å². The van der Waals surface area contributed by atoms with Crippen LogP contribution in [0.1, 0.15) is 38.2 Å². The Morgan fingerprint density at radius 1 is 1.30 bits per heavy atom. The van der Waals surface area contributed by atoms with E-state index in [-0.39, 0.29) is 5.92 Å². The Kier molecular flexibility index (Phi) is 4.19. The molecule has 0 aliphatic heterocycles. The molecule has 0 saturated heterocycles. The van der Waals surface area contributed by atoms with Gasteiger partial charge in [-0.2, -0.15) is 5.10 Å². The van der Waals surface area contributed by atoms with E-state index in [4.69, 9.17) is 5.84 Å². The van der Waals surface area contributed by atoms with E-state index < -0.39 is 0 Å². The molecule has 0 atom stereocenters. The number of aromatic nitrogens is 4. The number of aryl methyl sites for hydroxylation is 2. The standard InChI is InChI=1S/C13H21N7/c1-5-9-10(7-20(4)19-9)15-11-6-12(18-14)17-13(16-11)8(2)3/h6-8H,5,14H2,1-4H3,(H2,15,16,17,18). The molecule has 2 heterocycles. The summed E-state index contributed by atoms with van der Waals surface area (Å²) < 4.78 is 1.79. The van der Waals surface area contributed by atoms with Crippen LogP contribution in [-0.2, 0) is 13.5 Å². The summed E-state index contributed by atoms with van der Waals surface area (Å²) in [6.45, 7) is 6.15. The van der Waals surface area contributed by atoms with Gasteiger partial charge in [0.25, 0.3) is 0 Å². The van der Waals surface area contributed by atoms with E-state index in [1.807, 2.05) is 27.1 Å². The number of hydrogen-bond acceptors (Lipinski definition) is 6. The topological polar surface area (TPSA) is 93.7 Å². The summed E-state index contributed by atoms with van der Waals surface area (Å²) in [6.07, 6.45) is 2.79. The predicted molar refractivity (Wildman–Crippen MR) is 79.8 cm³/mol. The lowest BCUT2D eigenvalue weighted by molar-refractivity contribution is 0.746. The fourth-order valence-corrected chi connectivity index (χ4v) is 1.90. The molecule has 2 aromatic rings. The van der Waals surface area contributed by atoms with Gasteiger partial charge in [0, 0.05) is 25.2 Å². The number of nitrogens with two attached hydrogens (primary N) is 1. The van der Waals surface area contributed by atoms with Crippen molar-refractivity contribution in [1.29, 1.82) is 0 Å². The molecule has 2 rings (SSSR count). The van der Waals surface area contributed by atoms with Crippen LogP contribution >= 0.6 is 0 Å². The quantitative estimate of drug-likeness (QED) is 0.570. The highest BCUT2D eigenvalue weighted by atomic mass is 15.3. The molecule has 0 fully saturated rings. The van der Waals surface area contributed by atoms with Gasteiger partial charge in [0.2, 0.25) is 0 Å². The van der Waals surface area contributed by atoms with E-state index in [1.54, 1.807) is 10.7 Å². The van der Waals surface area contributed by atoms with Crippen molar-refractivity contribution in [2.24, 2.45) is 12.9 Å². The highest BCUT2D eigenvalue weighted by Gasteiger charge is 2.11. The molecule has 0 bridgehead atoms. The number of nitrogens with zero attached hydrogens (tertiary/aromatic N) is 4. The molecule has 0 unspecified atom stereocenters. The average Bonchev–Trinajstić information content (AvgIpc) is 2.78. The Hall–Kier alpha value is -2.15. The Morgan fingerprint density at radius 3 is 2.60 bits per heavy atom. The van der Waals surface area contributed by atoms with E-state index in [1.165, 1.54) is 0 Å². The van der Waals surface area contributed by atoms with Crippen molar-refractivity contribution >= 4 is 17.3 Å². The lowest BCUT2D eigenvalue weighted by Crippen LogP contribution is -2.12. The zero-order valence-electron chi connectivity index (χ0n) is 12.3. The molecule has 4 N–H and O–H groups in total. The van der Waals surface area contributed by atoms with Crippen molar-refractivity contribution < 1.29 is 0 Å². The third-order valence-electron chi connectivity index (χ3n) is 2.91. The first-order chi connectivity index (χ1) is 9.53. The number of hydrazine groups is 1. The van der Waals surface area contributed by atoms with Crippen molar-refractivity contribution in [3.05, 3.63) is 23.8 Å². The second-order valence-electron chi connectivity index (χ2n) is 4.94. The van der Waals surface area contributed by atoms with Gasteiger partial charge in [0.1, 0.15) is 17.5 Å². The van der Waals surface area contributed by atoms with Crippen LogP contribution in [-0.4, -0.2) is 19.7 Å². The molecule has 0 spiro atoms. The summed E-state index contributed by atoms with van der Waals surface area (Å²) in [5.41, 5.74) is 4.52. The molecule has 0 radical (unpaired) electrons. The fraction of sp³-hybridized carbons (Fsp3) is 0.462. The molecule has 20 heavy (non-hydrogen) atoms. The van der Waals surface area contributed by atoms with E-state index in [9.17, 15) is 0 Å². The first kappa shape index (κ1) is 14.3. The van der Waals surface area contributed by atoms with Crippen LogP contribution in [0.15, 0.2) is 12.3 Å². The van der Waals surface area contributed by atoms with Gasteiger partial charge >= 0.3 is 0 Å². The highest BCUT2D eigenvalue weighted by Crippen LogP contribution is 2.22. The second kappa shape index (κ2) is 5.87. The van der Waals surface area contributed by atoms with Crippen LogP contribution < -0.4 is 16.6 Å². The number of anilines is 3. The first-order valence-electron chi connectivity index (χ1n) is 6.68. The molecule has 108 valence electrons. The smallest absolute Gasteiger partial charge is 0.145 e. The normalized spacial score (nSPS) is 10.9. The lowest BCUT2D eigenvalue weighted by Gasteiger charge is -2.11. The van der Waals surface area contributed by atoms with Crippen molar-refractivity contribution in [2.45, 2.75) is 33.1 Å². The number of hydrogen-bond donors (Lipinski definition) is 3. The maximum atomic E-state index is 5.46. The van der Waals surface area contributed by atoms with Crippen LogP contribution in [0.25, 0.3) is 0 Å². The second-order valence-corrected chi connectivity index (χ2v) is 4.94. The Bertz CT molecular complexity index is 588. The average molecular weight is 275 g/mol. The highest BCUT2D eigenvalue weighted by molar-refractivity contribution is 5.60. The lowest BCUT2D eigenvalue weighted by atomic mass is 10.2. The van der Waals surface area contributed by atoms with Gasteiger partial charge < -0.3 is 10.7 Å². The zero-order chi connectivity index (χ0) is 14.7. The molecular formula is C13H21N7. The molecule has 0 aliphatic rings. The summed E-state index contributed by atoms with van der Waals surface area (Å²) in [4.78, 5) is 8.84. The molecule has 2 aromatic heterocycles.